The molecular weight excluding hydrogens is 380 g/mol. The fourth-order valence-electron chi connectivity index (χ4n) is 2.34. The van der Waals surface area contributed by atoms with Gasteiger partial charge in [-0.05, 0) is 18.2 Å². The van der Waals surface area contributed by atoms with Crippen LogP contribution in [0.1, 0.15) is 6.92 Å². The fraction of sp³-hybridized carbons (Fsp3) is 0.462. The first-order valence-corrected chi connectivity index (χ1v) is 10.6. The van der Waals surface area contributed by atoms with Crippen molar-refractivity contribution in [1.82, 2.24) is 4.72 Å². The summed E-state index contributed by atoms with van der Waals surface area (Å²) >= 11 is 5.94. The molecule has 1 heterocycles. The van der Waals surface area contributed by atoms with Gasteiger partial charge >= 0.3 is 0 Å². The molecule has 1 aliphatic rings. The third-order valence-electron chi connectivity index (χ3n) is 3.36. The Balaban J connectivity index is 2.36. The number of sulfonamides is 1. The monoisotopic (exact) mass is 396 g/mol. The van der Waals surface area contributed by atoms with Gasteiger partial charge in [0.2, 0.25) is 15.9 Å². The van der Waals surface area contributed by atoms with Gasteiger partial charge in [-0.15, -0.1) is 11.6 Å². The molecule has 1 amide bonds. The lowest BCUT2D eigenvalue weighted by molar-refractivity contribution is -0.114. The highest BCUT2D eigenvalue weighted by Crippen LogP contribution is 2.28. The summed E-state index contributed by atoms with van der Waals surface area (Å²) < 4.78 is 55.7. The van der Waals surface area contributed by atoms with Gasteiger partial charge in [-0.2, -0.15) is 0 Å². The van der Waals surface area contributed by atoms with Crippen LogP contribution in [0, 0.1) is 0 Å². The van der Waals surface area contributed by atoms with E-state index in [0.717, 1.165) is 0 Å². The number of methoxy groups -OCH3 is 1. The zero-order valence-corrected chi connectivity index (χ0v) is 15.3. The lowest BCUT2D eigenvalue weighted by Gasteiger charge is -2.17. The van der Waals surface area contributed by atoms with Crippen LogP contribution in [0.2, 0.25) is 0 Å². The Morgan fingerprint density at radius 3 is 2.50 bits per heavy atom. The Kier molecular flexibility index (Phi) is 5.43. The van der Waals surface area contributed by atoms with Gasteiger partial charge < -0.3 is 10.1 Å². The topological polar surface area (TPSA) is 119 Å². The minimum atomic E-state index is -4.10. The number of alkyl halides is 1. The number of benzene rings is 1. The summed E-state index contributed by atoms with van der Waals surface area (Å²) in [6, 6.07) is 3.18. The van der Waals surface area contributed by atoms with Crippen LogP contribution < -0.4 is 14.8 Å². The van der Waals surface area contributed by atoms with Gasteiger partial charge in [0, 0.05) is 12.6 Å². The van der Waals surface area contributed by atoms with Gasteiger partial charge in [-0.1, -0.05) is 0 Å². The van der Waals surface area contributed by atoms with E-state index in [1.165, 1.54) is 32.2 Å². The number of nitrogens with one attached hydrogen (secondary N) is 2. The lowest BCUT2D eigenvalue weighted by Crippen LogP contribution is -2.40. The number of hydrogen-bond donors (Lipinski definition) is 2. The van der Waals surface area contributed by atoms with E-state index in [9.17, 15) is 21.6 Å². The van der Waals surface area contributed by atoms with Crippen LogP contribution >= 0.6 is 11.6 Å². The van der Waals surface area contributed by atoms with Crippen LogP contribution in [-0.4, -0.2) is 52.8 Å². The molecule has 134 valence electrons. The van der Waals surface area contributed by atoms with E-state index in [4.69, 9.17) is 16.3 Å². The van der Waals surface area contributed by atoms with Crippen molar-refractivity contribution in [1.29, 1.82) is 0 Å². The van der Waals surface area contributed by atoms with E-state index in [1.54, 1.807) is 0 Å². The number of carbonyl (C=O) groups is 1. The van der Waals surface area contributed by atoms with E-state index in [-0.39, 0.29) is 33.7 Å². The molecule has 2 atom stereocenters. The smallest absolute Gasteiger partial charge is 0.244 e. The van der Waals surface area contributed by atoms with Crippen LogP contribution in [0.15, 0.2) is 23.1 Å². The SMILES string of the molecule is COc1ccc(NC(C)=O)cc1S(=O)(=O)N[C@H]1CS(=O)(=O)C[C@@H]1Cl. The molecule has 2 N–H and O–H groups in total. The Bertz CT molecular complexity index is 853. The lowest BCUT2D eigenvalue weighted by atomic mass is 10.3. The van der Waals surface area contributed by atoms with Crippen molar-refractivity contribution < 1.29 is 26.4 Å². The third kappa shape index (κ3) is 4.38. The van der Waals surface area contributed by atoms with Crippen molar-refractivity contribution in [2.45, 2.75) is 23.2 Å². The molecule has 8 nitrogen and oxygen atoms in total. The molecule has 0 aliphatic carbocycles. The Morgan fingerprint density at radius 2 is 2.00 bits per heavy atom. The van der Waals surface area contributed by atoms with E-state index < -0.39 is 31.3 Å². The van der Waals surface area contributed by atoms with Crippen molar-refractivity contribution in [3.05, 3.63) is 18.2 Å². The number of anilines is 1. The molecule has 0 bridgehead atoms. The van der Waals surface area contributed by atoms with Gasteiger partial charge in [-0.3, -0.25) is 4.79 Å². The van der Waals surface area contributed by atoms with Gasteiger partial charge in [-0.25, -0.2) is 21.6 Å². The van der Waals surface area contributed by atoms with Crippen molar-refractivity contribution >= 4 is 43.1 Å². The number of ether oxygens (including phenoxy) is 1. The highest BCUT2D eigenvalue weighted by Gasteiger charge is 2.39. The second-order valence-electron chi connectivity index (χ2n) is 5.37. The molecule has 0 aromatic heterocycles. The molecule has 0 unspecified atom stereocenters. The molecule has 2 rings (SSSR count). The first-order valence-electron chi connectivity index (χ1n) is 6.86. The quantitative estimate of drug-likeness (QED) is 0.692. The maximum Gasteiger partial charge on any atom is 0.244 e. The zero-order valence-electron chi connectivity index (χ0n) is 12.9. The van der Waals surface area contributed by atoms with Crippen molar-refractivity contribution in [2.24, 2.45) is 0 Å². The Morgan fingerprint density at radius 1 is 1.33 bits per heavy atom. The number of halogens is 1. The van der Waals surface area contributed by atoms with Gasteiger partial charge in [0.15, 0.2) is 9.84 Å². The second kappa shape index (κ2) is 6.87. The zero-order chi connectivity index (χ0) is 18.1. The molecule has 0 radical (unpaired) electrons. The van der Waals surface area contributed by atoms with Crippen LogP contribution in [0.5, 0.6) is 5.75 Å². The molecule has 0 spiro atoms. The normalized spacial score (nSPS) is 23.0. The molecule has 24 heavy (non-hydrogen) atoms. The number of hydrogen-bond acceptors (Lipinski definition) is 6. The van der Waals surface area contributed by atoms with Crippen molar-refractivity contribution in [2.75, 3.05) is 23.9 Å². The van der Waals surface area contributed by atoms with Crippen molar-refractivity contribution in [3.8, 4) is 5.75 Å². The molecule has 0 saturated carbocycles. The summed E-state index contributed by atoms with van der Waals surface area (Å²) in [5.41, 5.74) is 0.269. The van der Waals surface area contributed by atoms with E-state index in [0.29, 0.717) is 0 Å². The van der Waals surface area contributed by atoms with Crippen molar-refractivity contribution in [3.63, 3.8) is 0 Å². The first kappa shape index (κ1) is 19.0. The molecule has 1 fully saturated rings. The fourth-order valence-corrected chi connectivity index (χ4v) is 6.54. The standard InChI is InChI=1S/C13H17ClN2O6S2/c1-8(17)15-9-3-4-12(22-2)13(5-9)24(20,21)16-11-7-23(18,19)6-10(11)14/h3-5,10-11,16H,6-7H2,1-2H3,(H,15,17)/t10-,11-/m0/s1. The molecular formula is C13H17ClN2O6S2. The number of amides is 1. The first-order chi connectivity index (χ1) is 11.0. The average Bonchev–Trinajstić information content (AvgIpc) is 2.69. The summed E-state index contributed by atoms with van der Waals surface area (Å²) in [6.45, 7) is 1.29. The van der Waals surface area contributed by atoms with E-state index >= 15 is 0 Å². The highest BCUT2D eigenvalue weighted by molar-refractivity contribution is 7.92. The Hall–Kier alpha value is -1.36. The predicted molar refractivity (Wildman–Crippen MR) is 89.7 cm³/mol. The second-order valence-corrected chi connectivity index (χ2v) is 9.76. The van der Waals surface area contributed by atoms with Crippen LogP contribution in [0.4, 0.5) is 5.69 Å². The molecule has 11 heteroatoms. The molecule has 1 aliphatic heterocycles. The highest BCUT2D eigenvalue weighted by atomic mass is 35.5. The third-order valence-corrected chi connectivity index (χ3v) is 7.25. The molecule has 1 saturated heterocycles. The van der Waals surface area contributed by atoms with E-state index in [2.05, 4.69) is 10.0 Å². The van der Waals surface area contributed by atoms with E-state index in [1.807, 2.05) is 0 Å². The summed E-state index contributed by atoms with van der Waals surface area (Å²) in [6.07, 6.45) is 0. The summed E-state index contributed by atoms with van der Waals surface area (Å²) in [4.78, 5) is 10.9. The number of sulfone groups is 1. The predicted octanol–water partition coefficient (Wildman–Crippen LogP) is 0.336. The molecule has 1 aromatic carbocycles. The maximum absolute atomic E-state index is 12.6. The minimum absolute atomic E-state index is 0.0589. The number of carbonyl (C=O) groups excluding carboxylic acids is 1. The maximum atomic E-state index is 12.6. The van der Waals surface area contributed by atoms with Crippen LogP contribution in [-0.2, 0) is 24.7 Å². The Labute approximate surface area is 145 Å². The van der Waals surface area contributed by atoms with Gasteiger partial charge in [0.1, 0.15) is 10.6 Å². The molecule has 1 aromatic rings. The summed E-state index contributed by atoms with van der Waals surface area (Å²) in [5, 5.41) is 1.62. The van der Waals surface area contributed by atoms with Gasteiger partial charge in [0.05, 0.1) is 30.0 Å². The van der Waals surface area contributed by atoms with Crippen LogP contribution in [0.3, 0.4) is 0 Å². The van der Waals surface area contributed by atoms with Crippen LogP contribution in [0.25, 0.3) is 0 Å². The number of rotatable bonds is 5. The average molecular weight is 397 g/mol. The summed E-state index contributed by atoms with van der Waals surface area (Å²) in [7, 11) is -6.19. The largest absolute Gasteiger partial charge is 0.495 e. The summed E-state index contributed by atoms with van der Waals surface area (Å²) in [5.74, 6) is -0.957. The minimum Gasteiger partial charge on any atom is -0.495 e. The van der Waals surface area contributed by atoms with Gasteiger partial charge in [0.25, 0.3) is 0 Å².